The Kier molecular flexibility index (Phi) is 3.83. The van der Waals surface area contributed by atoms with Crippen LogP contribution in [0.4, 0.5) is 0 Å². The predicted molar refractivity (Wildman–Crippen MR) is 89.1 cm³/mol. The molecule has 0 spiro atoms. The highest BCUT2D eigenvalue weighted by atomic mass is 16.3. The van der Waals surface area contributed by atoms with Crippen LogP contribution in [0.2, 0.25) is 0 Å². The van der Waals surface area contributed by atoms with Crippen molar-refractivity contribution in [1.82, 2.24) is 14.8 Å². The number of nitrogens with one attached hydrogen (secondary N) is 1. The fourth-order valence-corrected chi connectivity index (χ4v) is 3.75. The normalized spacial score (nSPS) is 20.0. The molecule has 0 unspecified atom stereocenters. The van der Waals surface area contributed by atoms with Crippen molar-refractivity contribution in [3.8, 4) is 0 Å². The van der Waals surface area contributed by atoms with E-state index in [1.165, 1.54) is 16.6 Å². The fourth-order valence-electron chi connectivity index (χ4n) is 3.75. The lowest BCUT2D eigenvalue weighted by Gasteiger charge is -2.33. The third-order valence-electron chi connectivity index (χ3n) is 5.15. The van der Waals surface area contributed by atoms with Crippen LogP contribution < -0.4 is 0 Å². The zero-order valence-corrected chi connectivity index (χ0v) is 13.3. The van der Waals surface area contributed by atoms with Crippen molar-refractivity contribution in [2.45, 2.75) is 31.9 Å². The molecule has 3 heterocycles. The highest BCUT2D eigenvalue weighted by Gasteiger charge is 2.26. The van der Waals surface area contributed by atoms with Crippen molar-refractivity contribution in [3.63, 3.8) is 0 Å². The Hall–Kier alpha value is -1.85. The number of aliphatic hydroxyl groups is 1. The molecule has 2 aliphatic rings. The van der Waals surface area contributed by atoms with Crippen LogP contribution in [0, 0.1) is 0 Å². The summed E-state index contributed by atoms with van der Waals surface area (Å²) in [7, 11) is 0. The topological polar surface area (TPSA) is 59.6 Å². The summed E-state index contributed by atoms with van der Waals surface area (Å²) >= 11 is 0. The zero-order valence-electron chi connectivity index (χ0n) is 13.3. The summed E-state index contributed by atoms with van der Waals surface area (Å²) in [6.07, 6.45) is 2.26. The van der Waals surface area contributed by atoms with Gasteiger partial charge in [0.25, 0.3) is 0 Å². The fraction of sp³-hybridized carbons (Fsp3) is 0.500. The van der Waals surface area contributed by atoms with Crippen LogP contribution in [0.25, 0.3) is 10.9 Å². The molecule has 1 amide bonds. The van der Waals surface area contributed by atoms with Crippen molar-refractivity contribution in [2.75, 3.05) is 26.2 Å². The number of nitrogens with zero attached hydrogens (tertiary/aromatic N) is 2. The summed E-state index contributed by atoms with van der Waals surface area (Å²) in [5, 5.41) is 10.8. The Morgan fingerprint density at radius 1 is 1.22 bits per heavy atom. The number of aliphatic hydroxyl groups excluding tert-OH is 1. The summed E-state index contributed by atoms with van der Waals surface area (Å²) in [6.45, 7) is 3.60. The molecule has 2 N–H and O–H groups in total. The van der Waals surface area contributed by atoms with Crippen LogP contribution in [0.3, 0.4) is 0 Å². The van der Waals surface area contributed by atoms with Crippen LogP contribution in [-0.2, 0) is 17.8 Å². The number of aromatic amines is 1. The summed E-state index contributed by atoms with van der Waals surface area (Å²) in [4.78, 5) is 20.3. The number of benzene rings is 1. The van der Waals surface area contributed by atoms with Gasteiger partial charge in [-0.2, -0.15) is 0 Å². The van der Waals surface area contributed by atoms with E-state index in [0.717, 1.165) is 44.4 Å². The van der Waals surface area contributed by atoms with Gasteiger partial charge in [0.1, 0.15) is 0 Å². The number of piperidine rings is 1. The highest BCUT2D eigenvalue weighted by molar-refractivity contribution is 5.86. The van der Waals surface area contributed by atoms with Gasteiger partial charge in [0, 0.05) is 54.8 Å². The molecule has 2 aliphatic heterocycles. The van der Waals surface area contributed by atoms with E-state index in [2.05, 4.69) is 28.1 Å². The molecule has 1 fully saturated rings. The average Bonchev–Trinajstić information content (AvgIpc) is 2.94. The lowest BCUT2D eigenvalue weighted by atomic mass is 10.0. The number of carbonyl (C=O) groups is 1. The van der Waals surface area contributed by atoms with Crippen LogP contribution >= 0.6 is 0 Å². The molecular formula is C18H23N3O2. The minimum atomic E-state index is -0.190. The van der Waals surface area contributed by atoms with Crippen molar-refractivity contribution in [1.29, 1.82) is 0 Å². The molecule has 1 aromatic carbocycles. The minimum absolute atomic E-state index is 0.190. The van der Waals surface area contributed by atoms with E-state index in [9.17, 15) is 9.90 Å². The van der Waals surface area contributed by atoms with Crippen LogP contribution in [-0.4, -0.2) is 58.1 Å². The second-order valence-corrected chi connectivity index (χ2v) is 6.70. The molecule has 0 atom stereocenters. The number of amides is 1. The Bertz CT molecular complexity index is 716. The smallest absolute Gasteiger partial charge is 0.237 e. The minimum Gasteiger partial charge on any atom is -0.393 e. The van der Waals surface area contributed by atoms with E-state index in [0.29, 0.717) is 13.1 Å². The largest absolute Gasteiger partial charge is 0.393 e. The molecule has 122 valence electrons. The first-order valence-corrected chi connectivity index (χ1v) is 8.47. The molecule has 2 aromatic rings. The molecule has 23 heavy (non-hydrogen) atoms. The molecule has 0 saturated carbocycles. The summed E-state index contributed by atoms with van der Waals surface area (Å²) in [5.74, 6) is 0.206. The molecular weight excluding hydrogens is 290 g/mol. The van der Waals surface area contributed by atoms with Gasteiger partial charge in [0.15, 0.2) is 0 Å². The van der Waals surface area contributed by atoms with E-state index in [-0.39, 0.29) is 12.0 Å². The predicted octanol–water partition coefficient (Wildman–Crippen LogP) is 1.51. The van der Waals surface area contributed by atoms with Gasteiger partial charge in [-0.25, -0.2) is 0 Å². The van der Waals surface area contributed by atoms with E-state index in [4.69, 9.17) is 0 Å². The first-order valence-electron chi connectivity index (χ1n) is 8.47. The standard InChI is InChI=1S/C18H23N3O2/c22-13-5-8-20(9-6-13)12-18(23)21-10-7-17-15(11-21)14-3-1-2-4-16(14)19-17/h1-4,13,19,22H,5-12H2. The van der Waals surface area contributed by atoms with Crippen LogP contribution in [0.5, 0.6) is 0 Å². The molecule has 1 saturated heterocycles. The van der Waals surface area contributed by atoms with Crippen molar-refractivity contribution in [2.24, 2.45) is 0 Å². The van der Waals surface area contributed by atoms with Gasteiger partial charge in [-0.1, -0.05) is 18.2 Å². The van der Waals surface area contributed by atoms with Gasteiger partial charge in [0.2, 0.25) is 5.91 Å². The molecule has 5 nitrogen and oxygen atoms in total. The van der Waals surface area contributed by atoms with Crippen LogP contribution in [0.15, 0.2) is 24.3 Å². The molecule has 1 aromatic heterocycles. The maximum Gasteiger partial charge on any atom is 0.237 e. The highest BCUT2D eigenvalue weighted by Crippen LogP contribution is 2.27. The summed E-state index contributed by atoms with van der Waals surface area (Å²) in [5.41, 5.74) is 3.71. The van der Waals surface area contributed by atoms with Gasteiger partial charge in [-0.15, -0.1) is 0 Å². The second-order valence-electron chi connectivity index (χ2n) is 6.70. The Morgan fingerprint density at radius 3 is 2.83 bits per heavy atom. The second kappa shape index (κ2) is 5.98. The average molecular weight is 313 g/mol. The number of likely N-dealkylation sites (tertiary alicyclic amines) is 1. The number of para-hydroxylation sites is 1. The monoisotopic (exact) mass is 313 g/mol. The Balaban J connectivity index is 1.46. The SMILES string of the molecule is O=C(CN1CCC(O)CC1)N1CCc2[nH]c3ccccc3c2C1. The Morgan fingerprint density at radius 2 is 2.00 bits per heavy atom. The van der Waals surface area contributed by atoms with E-state index < -0.39 is 0 Å². The number of aromatic nitrogens is 1. The number of hydrogen-bond acceptors (Lipinski definition) is 3. The molecule has 0 aliphatic carbocycles. The number of fused-ring (bicyclic) bond motifs is 3. The number of hydrogen-bond donors (Lipinski definition) is 2. The first-order chi connectivity index (χ1) is 11.2. The molecule has 5 heteroatoms. The quantitative estimate of drug-likeness (QED) is 0.883. The lowest BCUT2D eigenvalue weighted by Crippen LogP contribution is -2.45. The maximum absolute atomic E-state index is 12.6. The van der Waals surface area contributed by atoms with Gasteiger partial charge in [0.05, 0.1) is 12.6 Å². The van der Waals surface area contributed by atoms with E-state index >= 15 is 0 Å². The maximum atomic E-state index is 12.6. The molecule has 4 rings (SSSR count). The van der Waals surface area contributed by atoms with Crippen molar-refractivity contribution in [3.05, 3.63) is 35.5 Å². The zero-order chi connectivity index (χ0) is 15.8. The third kappa shape index (κ3) is 2.86. The van der Waals surface area contributed by atoms with Crippen molar-refractivity contribution >= 4 is 16.8 Å². The number of H-pyrrole nitrogens is 1. The van der Waals surface area contributed by atoms with Gasteiger partial charge >= 0.3 is 0 Å². The lowest BCUT2D eigenvalue weighted by molar-refractivity contribution is -0.133. The molecule has 0 bridgehead atoms. The van der Waals surface area contributed by atoms with Gasteiger partial charge < -0.3 is 15.0 Å². The number of carbonyl (C=O) groups excluding carboxylic acids is 1. The molecule has 0 radical (unpaired) electrons. The van der Waals surface area contributed by atoms with E-state index in [1.54, 1.807) is 0 Å². The van der Waals surface area contributed by atoms with E-state index in [1.807, 2.05) is 11.0 Å². The third-order valence-corrected chi connectivity index (χ3v) is 5.15. The van der Waals surface area contributed by atoms with Crippen molar-refractivity contribution < 1.29 is 9.90 Å². The Labute approximate surface area is 135 Å². The van der Waals surface area contributed by atoms with Gasteiger partial charge in [-0.05, 0) is 18.9 Å². The first kappa shape index (κ1) is 14.7. The van der Waals surface area contributed by atoms with Crippen LogP contribution in [0.1, 0.15) is 24.1 Å². The van der Waals surface area contributed by atoms with Gasteiger partial charge in [-0.3, -0.25) is 9.69 Å². The summed E-state index contributed by atoms with van der Waals surface area (Å²) < 4.78 is 0. The number of rotatable bonds is 2. The summed E-state index contributed by atoms with van der Waals surface area (Å²) in [6, 6.07) is 8.32.